The van der Waals surface area contributed by atoms with E-state index in [1.54, 1.807) is 19.1 Å². The number of hydrogen-bond donors (Lipinski definition) is 2. The molecule has 112 valence electrons. The van der Waals surface area contributed by atoms with Gasteiger partial charge in [-0.15, -0.1) is 0 Å². The first-order valence-corrected chi connectivity index (χ1v) is 7.91. The highest BCUT2D eigenvalue weighted by molar-refractivity contribution is 7.89. The van der Waals surface area contributed by atoms with Gasteiger partial charge in [-0.05, 0) is 36.8 Å². The molecule has 0 radical (unpaired) electrons. The summed E-state index contributed by atoms with van der Waals surface area (Å²) in [5, 5.41) is 0. The van der Waals surface area contributed by atoms with E-state index >= 15 is 0 Å². The molecule has 0 heterocycles. The van der Waals surface area contributed by atoms with E-state index in [0.717, 1.165) is 17.7 Å². The zero-order valence-corrected chi connectivity index (χ0v) is 12.4. The molecule has 0 fully saturated rings. The van der Waals surface area contributed by atoms with Gasteiger partial charge in [0.1, 0.15) is 5.82 Å². The Morgan fingerprint density at radius 2 is 1.67 bits per heavy atom. The number of nitrogens with one attached hydrogen (secondary N) is 1. The van der Waals surface area contributed by atoms with Gasteiger partial charge in [-0.3, -0.25) is 0 Å². The molecule has 0 spiro atoms. The fourth-order valence-electron chi connectivity index (χ4n) is 1.99. The molecule has 0 bridgehead atoms. The Kier molecular flexibility index (Phi) is 4.41. The molecule has 0 aromatic heterocycles. The molecule has 1 unspecified atom stereocenters. The first-order valence-electron chi connectivity index (χ1n) is 6.42. The number of hydrogen-bond acceptors (Lipinski definition) is 3. The van der Waals surface area contributed by atoms with Crippen LogP contribution < -0.4 is 10.5 Å². The lowest BCUT2D eigenvalue weighted by molar-refractivity contribution is 0.441. The molecule has 0 aliphatic rings. The molecule has 2 rings (SSSR count). The Balaban J connectivity index is 2.35. The number of sulfonamides is 1. The normalized spacial score (nSPS) is 14.6. The minimum Gasteiger partial charge on any atom is -0.328 e. The number of nitrogens with two attached hydrogens (primary N) is 1. The monoisotopic (exact) mass is 308 g/mol. The van der Waals surface area contributed by atoms with Crippen LogP contribution in [-0.4, -0.2) is 15.0 Å². The van der Waals surface area contributed by atoms with Crippen molar-refractivity contribution in [3.8, 4) is 0 Å². The van der Waals surface area contributed by atoms with Gasteiger partial charge in [-0.25, -0.2) is 12.8 Å². The number of rotatable bonds is 5. The Morgan fingerprint density at radius 1 is 1.10 bits per heavy atom. The molecule has 3 N–H and O–H groups in total. The summed E-state index contributed by atoms with van der Waals surface area (Å²) in [6.45, 7) is 1.81. The maximum Gasteiger partial charge on any atom is 0.241 e. The van der Waals surface area contributed by atoms with Crippen molar-refractivity contribution in [1.82, 2.24) is 4.72 Å². The van der Waals surface area contributed by atoms with Crippen molar-refractivity contribution in [3.05, 3.63) is 66.0 Å². The Morgan fingerprint density at radius 3 is 2.19 bits per heavy atom. The summed E-state index contributed by atoms with van der Waals surface area (Å²) in [7, 11) is -3.79. The highest BCUT2D eigenvalue weighted by Gasteiger charge is 2.31. The summed E-state index contributed by atoms with van der Waals surface area (Å²) in [6.07, 6.45) is 0. The van der Waals surface area contributed by atoms with Gasteiger partial charge < -0.3 is 5.73 Å². The molecular formula is C15H17FN2O2S. The van der Waals surface area contributed by atoms with Crippen LogP contribution in [0, 0.1) is 5.82 Å². The summed E-state index contributed by atoms with van der Waals surface area (Å²) < 4.78 is 40.3. The van der Waals surface area contributed by atoms with Crippen LogP contribution in [0.1, 0.15) is 12.5 Å². The van der Waals surface area contributed by atoms with E-state index in [1.807, 2.05) is 18.2 Å². The zero-order valence-electron chi connectivity index (χ0n) is 11.6. The zero-order chi connectivity index (χ0) is 15.5. The second-order valence-corrected chi connectivity index (χ2v) is 6.64. The summed E-state index contributed by atoms with van der Waals surface area (Å²) in [6, 6.07) is 13.7. The van der Waals surface area contributed by atoms with E-state index in [0.29, 0.717) is 0 Å². The van der Waals surface area contributed by atoms with Crippen molar-refractivity contribution < 1.29 is 12.8 Å². The van der Waals surface area contributed by atoms with Crippen LogP contribution in [0.3, 0.4) is 0 Å². The van der Waals surface area contributed by atoms with Crippen molar-refractivity contribution in [3.63, 3.8) is 0 Å². The third-order valence-electron chi connectivity index (χ3n) is 3.30. The van der Waals surface area contributed by atoms with Crippen LogP contribution in [0.5, 0.6) is 0 Å². The summed E-state index contributed by atoms with van der Waals surface area (Å²) in [5.41, 5.74) is 5.59. The molecule has 0 saturated heterocycles. The Labute approximate surface area is 123 Å². The third kappa shape index (κ3) is 3.47. The second kappa shape index (κ2) is 5.93. The standard InChI is InChI=1S/C15H17FN2O2S/c1-15(11-17,12-5-3-2-4-6-12)18-21(19,20)14-9-7-13(16)8-10-14/h2-10,18H,11,17H2,1H3. The summed E-state index contributed by atoms with van der Waals surface area (Å²) >= 11 is 0. The van der Waals surface area contributed by atoms with E-state index in [4.69, 9.17) is 5.73 Å². The third-order valence-corrected chi connectivity index (χ3v) is 4.91. The van der Waals surface area contributed by atoms with Crippen molar-refractivity contribution in [2.45, 2.75) is 17.4 Å². The van der Waals surface area contributed by atoms with Crippen LogP contribution >= 0.6 is 0 Å². The number of halogens is 1. The summed E-state index contributed by atoms with van der Waals surface area (Å²) in [5.74, 6) is -0.487. The van der Waals surface area contributed by atoms with E-state index in [1.165, 1.54) is 12.1 Å². The SMILES string of the molecule is CC(CN)(NS(=O)(=O)c1ccc(F)cc1)c1ccccc1. The van der Waals surface area contributed by atoms with Crippen LogP contribution in [0.4, 0.5) is 4.39 Å². The van der Waals surface area contributed by atoms with Crippen LogP contribution in [-0.2, 0) is 15.6 Å². The molecule has 4 nitrogen and oxygen atoms in total. The summed E-state index contributed by atoms with van der Waals surface area (Å²) in [4.78, 5) is -0.000457. The fourth-order valence-corrected chi connectivity index (χ4v) is 3.40. The largest absolute Gasteiger partial charge is 0.328 e. The van der Waals surface area contributed by atoms with Crippen molar-refractivity contribution in [2.75, 3.05) is 6.54 Å². The minimum absolute atomic E-state index is 0.000457. The maximum absolute atomic E-state index is 12.9. The van der Waals surface area contributed by atoms with Gasteiger partial charge in [0.05, 0.1) is 10.4 Å². The second-order valence-electron chi connectivity index (χ2n) is 4.96. The van der Waals surface area contributed by atoms with Gasteiger partial charge in [-0.2, -0.15) is 4.72 Å². The van der Waals surface area contributed by atoms with Gasteiger partial charge in [0, 0.05) is 6.54 Å². The maximum atomic E-state index is 12.9. The average molecular weight is 308 g/mol. The predicted molar refractivity (Wildman–Crippen MR) is 79.6 cm³/mol. The average Bonchev–Trinajstić information content (AvgIpc) is 2.48. The Bertz CT molecular complexity index is 702. The predicted octanol–water partition coefficient (Wildman–Crippen LogP) is 1.98. The van der Waals surface area contributed by atoms with E-state index < -0.39 is 21.4 Å². The first kappa shape index (κ1) is 15.6. The van der Waals surface area contributed by atoms with Crippen LogP contribution in [0.25, 0.3) is 0 Å². The van der Waals surface area contributed by atoms with Gasteiger partial charge >= 0.3 is 0 Å². The van der Waals surface area contributed by atoms with Gasteiger partial charge in [0.2, 0.25) is 10.0 Å². The highest BCUT2D eigenvalue weighted by atomic mass is 32.2. The molecular weight excluding hydrogens is 291 g/mol. The van der Waals surface area contributed by atoms with Crippen LogP contribution in [0.2, 0.25) is 0 Å². The molecule has 0 aliphatic heterocycles. The molecule has 0 saturated carbocycles. The van der Waals surface area contributed by atoms with Gasteiger partial charge in [0.15, 0.2) is 0 Å². The Hall–Kier alpha value is -1.76. The van der Waals surface area contributed by atoms with E-state index in [9.17, 15) is 12.8 Å². The lowest BCUT2D eigenvalue weighted by atomic mass is 9.94. The van der Waals surface area contributed by atoms with Crippen LogP contribution in [0.15, 0.2) is 59.5 Å². The quantitative estimate of drug-likeness (QED) is 0.887. The van der Waals surface area contributed by atoms with Gasteiger partial charge in [-0.1, -0.05) is 30.3 Å². The smallest absolute Gasteiger partial charge is 0.241 e. The molecule has 1 atom stereocenters. The van der Waals surface area contributed by atoms with Crippen molar-refractivity contribution in [2.24, 2.45) is 5.73 Å². The minimum atomic E-state index is -3.79. The highest BCUT2D eigenvalue weighted by Crippen LogP contribution is 2.22. The lowest BCUT2D eigenvalue weighted by Crippen LogP contribution is -2.48. The molecule has 2 aromatic rings. The van der Waals surface area contributed by atoms with Crippen molar-refractivity contribution in [1.29, 1.82) is 0 Å². The van der Waals surface area contributed by atoms with Gasteiger partial charge in [0.25, 0.3) is 0 Å². The molecule has 0 amide bonds. The van der Waals surface area contributed by atoms with E-state index in [-0.39, 0.29) is 11.4 Å². The topological polar surface area (TPSA) is 72.2 Å². The first-order chi connectivity index (χ1) is 9.87. The molecule has 21 heavy (non-hydrogen) atoms. The van der Waals surface area contributed by atoms with Crippen molar-refractivity contribution >= 4 is 10.0 Å². The molecule has 6 heteroatoms. The lowest BCUT2D eigenvalue weighted by Gasteiger charge is -2.29. The number of benzene rings is 2. The van der Waals surface area contributed by atoms with E-state index in [2.05, 4.69) is 4.72 Å². The fraction of sp³-hybridized carbons (Fsp3) is 0.200. The molecule has 0 aliphatic carbocycles. The molecule has 2 aromatic carbocycles.